The molecule has 0 rings (SSSR count). The zero-order valence-corrected chi connectivity index (χ0v) is 12.9. The number of carbonyl (C=O) groups excluding carboxylic acids is 1. The first-order chi connectivity index (χ1) is 8.52. The van der Waals surface area contributed by atoms with Crippen molar-refractivity contribution < 1.29 is 14.7 Å². The van der Waals surface area contributed by atoms with Crippen molar-refractivity contribution in [2.75, 3.05) is 0 Å². The SMILES string of the molecule is CC(C)CC(C)NC(=O)NC(CC(=O)O)C(C)(C)C. The van der Waals surface area contributed by atoms with Gasteiger partial charge in [0.25, 0.3) is 0 Å². The van der Waals surface area contributed by atoms with Gasteiger partial charge in [0.1, 0.15) is 0 Å². The van der Waals surface area contributed by atoms with Crippen LogP contribution in [0.4, 0.5) is 4.79 Å². The zero-order valence-electron chi connectivity index (χ0n) is 12.9. The monoisotopic (exact) mass is 272 g/mol. The summed E-state index contributed by atoms with van der Waals surface area (Å²) in [5.74, 6) is -0.400. The number of hydrogen-bond acceptors (Lipinski definition) is 2. The molecule has 0 aliphatic heterocycles. The van der Waals surface area contributed by atoms with E-state index in [9.17, 15) is 9.59 Å². The fourth-order valence-electron chi connectivity index (χ4n) is 1.94. The van der Waals surface area contributed by atoms with Crippen molar-refractivity contribution in [2.24, 2.45) is 11.3 Å². The molecule has 2 unspecified atom stereocenters. The number of carbonyl (C=O) groups is 2. The number of carboxylic acid groups (broad SMARTS) is 1. The van der Waals surface area contributed by atoms with Gasteiger partial charge in [-0.3, -0.25) is 4.79 Å². The minimum atomic E-state index is -0.907. The fourth-order valence-corrected chi connectivity index (χ4v) is 1.94. The zero-order chi connectivity index (χ0) is 15.2. The molecule has 0 radical (unpaired) electrons. The number of nitrogens with one attached hydrogen (secondary N) is 2. The summed E-state index contributed by atoms with van der Waals surface area (Å²) in [6.45, 7) is 11.9. The predicted octanol–water partition coefficient (Wildman–Crippen LogP) is 2.61. The van der Waals surface area contributed by atoms with Crippen molar-refractivity contribution in [3.8, 4) is 0 Å². The van der Waals surface area contributed by atoms with Crippen LogP contribution in [-0.4, -0.2) is 29.2 Å². The van der Waals surface area contributed by atoms with Crippen molar-refractivity contribution in [1.82, 2.24) is 10.6 Å². The average molecular weight is 272 g/mol. The average Bonchev–Trinajstić information content (AvgIpc) is 2.11. The summed E-state index contributed by atoms with van der Waals surface area (Å²) in [6.07, 6.45) is 0.821. The van der Waals surface area contributed by atoms with Crippen molar-refractivity contribution in [3.63, 3.8) is 0 Å². The molecular weight excluding hydrogens is 244 g/mol. The van der Waals surface area contributed by atoms with E-state index in [4.69, 9.17) is 5.11 Å². The molecule has 5 nitrogen and oxygen atoms in total. The maximum absolute atomic E-state index is 11.9. The van der Waals surface area contributed by atoms with Crippen LogP contribution in [0, 0.1) is 11.3 Å². The summed E-state index contributed by atoms with van der Waals surface area (Å²) in [7, 11) is 0. The second-order valence-electron chi connectivity index (χ2n) is 6.66. The van der Waals surface area contributed by atoms with Crippen molar-refractivity contribution >= 4 is 12.0 Å². The molecule has 0 aromatic rings. The first-order valence-corrected chi connectivity index (χ1v) is 6.81. The number of carboxylic acids is 1. The molecule has 0 aromatic heterocycles. The van der Waals surface area contributed by atoms with Crippen LogP contribution < -0.4 is 10.6 Å². The second kappa shape index (κ2) is 7.36. The van der Waals surface area contributed by atoms with E-state index in [1.807, 2.05) is 27.7 Å². The first-order valence-electron chi connectivity index (χ1n) is 6.81. The molecule has 0 spiro atoms. The third kappa shape index (κ3) is 8.46. The van der Waals surface area contributed by atoms with Crippen LogP contribution in [0.2, 0.25) is 0 Å². The van der Waals surface area contributed by atoms with Gasteiger partial charge in [0.15, 0.2) is 0 Å². The van der Waals surface area contributed by atoms with E-state index >= 15 is 0 Å². The maximum Gasteiger partial charge on any atom is 0.315 e. The minimum absolute atomic E-state index is 0.0739. The molecule has 0 saturated carbocycles. The highest BCUT2D eigenvalue weighted by Crippen LogP contribution is 2.21. The summed E-state index contributed by atoms with van der Waals surface area (Å²) < 4.78 is 0. The highest BCUT2D eigenvalue weighted by Gasteiger charge is 2.28. The van der Waals surface area contributed by atoms with Crippen LogP contribution in [0.3, 0.4) is 0 Å². The molecule has 3 N–H and O–H groups in total. The molecule has 2 amide bonds. The van der Waals surface area contributed by atoms with Crippen LogP contribution in [-0.2, 0) is 4.79 Å². The van der Waals surface area contributed by atoms with E-state index in [2.05, 4.69) is 24.5 Å². The molecule has 5 heteroatoms. The Labute approximate surface area is 116 Å². The van der Waals surface area contributed by atoms with E-state index in [0.29, 0.717) is 5.92 Å². The topological polar surface area (TPSA) is 78.4 Å². The third-order valence-electron chi connectivity index (χ3n) is 2.93. The first kappa shape index (κ1) is 17.7. The van der Waals surface area contributed by atoms with Gasteiger partial charge in [-0.2, -0.15) is 0 Å². The summed E-state index contributed by atoms with van der Waals surface area (Å²) in [6, 6.07) is -0.615. The Balaban J connectivity index is 4.43. The highest BCUT2D eigenvalue weighted by atomic mass is 16.4. The number of hydrogen-bond donors (Lipinski definition) is 3. The van der Waals surface area contributed by atoms with Gasteiger partial charge < -0.3 is 15.7 Å². The molecule has 0 aromatic carbocycles. The van der Waals surface area contributed by atoms with Crippen molar-refractivity contribution in [1.29, 1.82) is 0 Å². The van der Waals surface area contributed by atoms with E-state index in [1.54, 1.807) is 0 Å². The Hall–Kier alpha value is -1.26. The summed E-state index contributed by atoms with van der Waals surface area (Å²) in [4.78, 5) is 22.7. The quantitative estimate of drug-likeness (QED) is 0.695. The Morgan fingerprint density at radius 2 is 1.63 bits per heavy atom. The molecule has 0 bridgehead atoms. The lowest BCUT2D eigenvalue weighted by molar-refractivity contribution is -0.138. The molecule has 19 heavy (non-hydrogen) atoms. The van der Waals surface area contributed by atoms with Crippen LogP contribution in [0.5, 0.6) is 0 Å². The molecule has 0 saturated heterocycles. The van der Waals surface area contributed by atoms with Gasteiger partial charge in [0.05, 0.1) is 6.42 Å². The predicted molar refractivity (Wildman–Crippen MR) is 76.1 cm³/mol. The smallest absolute Gasteiger partial charge is 0.315 e. The Bertz CT molecular complexity index is 308. The maximum atomic E-state index is 11.9. The molecule has 0 heterocycles. The van der Waals surface area contributed by atoms with E-state index < -0.39 is 12.0 Å². The second-order valence-corrected chi connectivity index (χ2v) is 6.66. The lowest BCUT2D eigenvalue weighted by atomic mass is 9.85. The molecule has 0 fully saturated rings. The van der Waals surface area contributed by atoms with Gasteiger partial charge in [-0.05, 0) is 24.7 Å². The summed E-state index contributed by atoms with van der Waals surface area (Å²) in [5.41, 5.74) is -0.295. The van der Waals surface area contributed by atoms with Gasteiger partial charge in [-0.25, -0.2) is 4.79 Å². The van der Waals surface area contributed by atoms with Crippen LogP contribution >= 0.6 is 0 Å². The largest absolute Gasteiger partial charge is 0.481 e. The number of rotatable bonds is 6. The number of urea groups is 1. The van der Waals surface area contributed by atoms with Gasteiger partial charge >= 0.3 is 12.0 Å². The van der Waals surface area contributed by atoms with Gasteiger partial charge in [-0.15, -0.1) is 0 Å². The molecule has 2 atom stereocenters. The van der Waals surface area contributed by atoms with Crippen LogP contribution in [0.15, 0.2) is 0 Å². The fraction of sp³-hybridized carbons (Fsp3) is 0.857. The molecule has 0 aliphatic carbocycles. The molecule has 0 aliphatic rings. The van der Waals surface area contributed by atoms with Crippen LogP contribution in [0.1, 0.15) is 54.4 Å². The van der Waals surface area contributed by atoms with E-state index in [1.165, 1.54) is 0 Å². The standard InChI is InChI=1S/C14H28N2O3/c1-9(2)7-10(3)15-13(19)16-11(8-12(17)18)14(4,5)6/h9-11H,7-8H2,1-6H3,(H,17,18)(H2,15,16,19). The molecule has 112 valence electrons. The van der Waals surface area contributed by atoms with Crippen LogP contribution in [0.25, 0.3) is 0 Å². The summed E-state index contributed by atoms with van der Waals surface area (Å²) >= 11 is 0. The van der Waals surface area contributed by atoms with E-state index in [0.717, 1.165) is 6.42 Å². The lowest BCUT2D eigenvalue weighted by Crippen LogP contribution is -2.50. The van der Waals surface area contributed by atoms with Crippen molar-refractivity contribution in [3.05, 3.63) is 0 Å². The molecular formula is C14H28N2O3. The van der Waals surface area contributed by atoms with Gasteiger partial charge in [0, 0.05) is 12.1 Å². The lowest BCUT2D eigenvalue weighted by Gasteiger charge is -2.31. The number of aliphatic carboxylic acids is 1. The van der Waals surface area contributed by atoms with Gasteiger partial charge in [0.2, 0.25) is 0 Å². The Morgan fingerprint density at radius 3 is 2.00 bits per heavy atom. The third-order valence-corrected chi connectivity index (χ3v) is 2.93. The summed E-state index contributed by atoms with van der Waals surface area (Å²) in [5, 5.41) is 14.5. The van der Waals surface area contributed by atoms with Crippen molar-refractivity contribution in [2.45, 2.75) is 66.5 Å². The minimum Gasteiger partial charge on any atom is -0.481 e. The van der Waals surface area contributed by atoms with Gasteiger partial charge in [-0.1, -0.05) is 34.6 Å². The highest BCUT2D eigenvalue weighted by molar-refractivity contribution is 5.76. The Kier molecular flexibility index (Phi) is 6.87. The van der Waals surface area contributed by atoms with E-state index in [-0.39, 0.29) is 23.9 Å². The number of amides is 2. The normalized spacial score (nSPS) is 14.9. The Morgan fingerprint density at radius 1 is 1.11 bits per heavy atom.